The molecule has 0 heterocycles. The highest BCUT2D eigenvalue weighted by molar-refractivity contribution is 7.92. The summed E-state index contributed by atoms with van der Waals surface area (Å²) in [6.07, 6.45) is 1.50. The zero-order valence-corrected chi connectivity index (χ0v) is 17.6. The number of carbonyl (C=O) groups is 1. The molecule has 0 radical (unpaired) electrons. The summed E-state index contributed by atoms with van der Waals surface area (Å²) in [4.78, 5) is 12.6. The molecule has 0 saturated carbocycles. The molecule has 1 amide bonds. The summed E-state index contributed by atoms with van der Waals surface area (Å²) in [6.45, 7) is 3.39. The maximum absolute atomic E-state index is 13.3. The molecule has 30 heavy (non-hydrogen) atoms. The van der Waals surface area contributed by atoms with Crippen LogP contribution in [0.25, 0.3) is 0 Å². The number of nitrogens with zero attached hydrogens (tertiary/aromatic N) is 2. The van der Waals surface area contributed by atoms with Crippen molar-refractivity contribution in [3.05, 3.63) is 95.6 Å². The molecule has 0 saturated heterocycles. The molecule has 0 aliphatic rings. The average Bonchev–Trinajstić information content (AvgIpc) is 2.74. The van der Waals surface area contributed by atoms with Crippen LogP contribution in [-0.4, -0.2) is 27.1 Å². The molecule has 0 aliphatic carbocycles. The van der Waals surface area contributed by atoms with Crippen LogP contribution in [0.15, 0.2) is 88.9 Å². The Morgan fingerprint density at radius 2 is 1.47 bits per heavy atom. The van der Waals surface area contributed by atoms with Crippen LogP contribution >= 0.6 is 0 Å². The Balaban J connectivity index is 1.84. The molecule has 0 spiro atoms. The minimum Gasteiger partial charge on any atom is -0.271 e. The van der Waals surface area contributed by atoms with Gasteiger partial charge in [-0.2, -0.15) is 5.10 Å². The van der Waals surface area contributed by atoms with E-state index in [1.807, 2.05) is 44.2 Å². The van der Waals surface area contributed by atoms with E-state index in [4.69, 9.17) is 0 Å². The molecule has 7 heteroatoms. The zero-order valence-electron chi connectivity index (χ0n) is 16.8. The first-order valence-electron chi connectivity index (χ1n) is 9.39. The average molecular weight is 422 g/mol. The summed E-state index contributed by atoms with van der Waals surface area (Å²) in [5.74, 6) is -0.543. The lowest BCUT2D eigenvalue weighted by Crippen LogP contribution is -2.39. The van der Waals surface area contributed by atoms with Gasteiger partial charge in [0.2, 0.25) is 0 Å². The van der Waals surface area contributed by atoms with Crippen LogP contribution in [0.5, 0.6) is 0 Å². The number of nitrogens with one attached hydrogen (secondary N) is 1. The number of sulfonamides is 1. The van der Waals surface area contributed by atoms with E-state index in [0.717, 1.165) is 21.0 Å². The first-order chi connectivity index (χ1) is 14.4. The molecule has 0 aliphatic heterocycles. The number of amides is 1. The third-order valence-electron chi connectivity index (χ3n) is 4.42. The van der Waals surface area contributed by atoms with E-state index >= 15 is 0 Å². The third kappa shape index (κ3) is 5.33. The van der Waals surface area contributed by atoms with E-state index in [-0.39, 0.29) is 4.90 Å². The highest BCUT2D eigenvalue weighted by Gasteiger charge is 2.27. The predicted molar refractivity (Wildman–Crippen MR) is 119 cm³/mol. The summed E-state index contributed by atoms with van der Waals surface area (Å²) in [5, 5.41) is 3.92. The summed E-state index contributed by atoms with van der Waals surface area (Å²) >= 11 is 0. The van der Waals surface area contributed by atoms with Gasteiger partial charge >= 0.3 is 0 Å². The minimum absolute atomic E-state index is 0.120. The minimum atomic E-state index is -3.94. The molecule has 0 bridgehead atoms. The van der Waals surface area contributed by atoms with Crippen molar-refractivity contribution in [1.82, 2.24) is 5.43 Å². The normalized spacial score (nSPS) is 11.4. The quantitative estimate of drug-likeness (QED) is 0.467. The maximum atomic E-state index is 13.3. The molecule has 3 rings (SSSR count). The molecule has 154 valence electrons. The summed E-state index contributed by atoms with van der Waals surface area (Å²) in [5.41, 5.74) is 5.56. The van der Waals surface area contributed by atoms with Crippen molar-refractivity contribution in [1.29, 1.82) is 0 Å². The van der Waals surface area contributed by atoms with Crippen LogP contribution < -0.4 is 9.73 Å². The molecule has 3 aromatic rings. The van der Waals surface area contributed by atoms with Crippen LogP contribution in [0.4, 0.5) is 5.69 Å². The lowest BCUT2D eigenvalue weighted by atomic mass is 10.2. The van der Waals surface area contributed by atoms with E-state index in [0.29, 0.717) is 5.69 Å². The highest BCUT2D eigenvalue weighted by atomic mass is 32.2. The molecule has 0 fully saturated rings. The van der Waals surface area contributed by atoms with Gasteiger partial charge in [-0.25, -0.2) is 13.8 Å². The van der Waals surface area contributed by atoms with Gasteiger partial charge in [0.25, 0.3) is 15.9 Å². The van der Waals surface area contributed by atoms with Crippen molar-refractivity contribution < 1.29 is 13.2 Å². The smallest absolute Gasteiger partial charge is 0.264 e. The summed E-state index contributed by atoms with van der Waals surface area (Å²) in [6, 6.07) is 22.8. The van der Waals surface area contributed by atoms with Crippen molar-refractivity contribution in [2.24, 2.45) is 5.10 Å². The van der Waals surface area contributed by atoms with Crippen molar-refractivity contribution >= 4 is 27.8 Å². The van der Waals surface area contributed by atoms with Gasteiger partial charge in [-0.05, 0) is 43.7 Å². The number of hydrazone groups is 1. The molecular weight excluding hydrogens is 398 g/mol. The zero-order chi connectivity index (χ0) is 21.6. The van der Waals surface area contributed by atoms with Crippen molar-refractivity contribution in [2.75, 3.05) is 10.8 Å². The Morgan fingerprint density at radius 3 is 2.07 bits per heavy atom. The molecule has 1 N–H and O–H groups in total. The molecule has 0 aromatic heterocycles. The second-order valence-electron chi connectivity index (χ2n) is 6.86. The number of aryl methyl sites for hydroxylation is 2. The van der Waals surface area contributed by atoms with E-state index in [1.54, 1.807) is 36.4 Å². The van der Waals surface area contributed by atoms with Crippen LogP contribution in [0, 0.1) is 13.8 Å². The van der Waals surface area contributed by atoms with Gasteiger partial charge in [0.05, 0.1) is 16.8 Å². The molecular formula is C23H23N3O3S. The van der Waals surface area contributed by atoms with E-state index < -0.39 is 22.5 Å². The fourth-order valence-electron chi connectivity index (χ4n) is 2.75. The third-order valence-corrected chi connectivity index (χ3v) is 6.21. The number of carbonyl (C=O) groups excluding carboxylic acids is 1. The lowest BCUT2D eigenvalue weighted by molar-refractivity contribution is -0.119. The van der Waals surface area contributed by atoms with Gasteiger partial charge in [0.15, 0.2) is 0 Å². The van der Waals surface area contributed by atoms with Crippen molar-refractivity contribution in [2.45, 2.75) is 18.7 Å². The molecule has 0 atom stereocenters. The van der Waals surface area contributed by atoms with Crippen LogP contribution in [-0.2, 0) is 14.8 Å². The fourth-order valence-corrected chi connectivity index (χ4v) is 4.17. The maximum Gasteiger partial charge on any atom is 0.264 e. The van der Waals surface area contributed by atoms with E-state index in [2.05, 4.69) is 10.5 Å². The first kappa shape index (κ1) is 21.3. The van der Waals surface area contributed by atoms with Gasteiger partial charge in [-0.15, -0.1) is 0 Å². The van der Waals surface area contributed by atoms with E-state index in [1.165, 1.54) is 18.3 Å². The largest absolute Gasteiger partial charge is 0.271 e. The van der Waals surface area contributed by atoms with Crippen LogP contribution in [0.2, 0.25) is 0 Å². The number of anilines is 1. The van der Waals surface area contributed by atoms with Gasteiger partial charge in [0.1, 0.15) is 6.54 Å². The fraction of sp³-hybridized carbons (Fsp3) is 0.130. The SMILES string of the molecule is Cc1ccc(N(CC(=O)N/N=C/c2ccccc2)S(=O)(=O)c2ccc(C)cc2)cc1. The highest BCUT2D eigenvalue weighted by Crippen LogP contribution is 2.24. The topological polar surface area (TPSA) is 78.8 Å². The van der Waals surface area contributed by atoms with Gasteiger partial charge in [-0.3, -0.25) is 9.10 Å². The van der Waals surface area contributed by atoms with Gasteiger partial charge in [-0.1, -0.05) is 65.7 Å². The molecule has 6 nitrogen and oxygen atoms in total. The van der Waals surface area contributed by atoms with Crippen molar-refractivity contribution in [3.8, 4) is 0 Å². The first-order valence-corrected chi connectivity index (χ1v) is 10.8. The summed E-state index contributed by atoms with van der Waals surface area (Å²) < 4.78 is 27.6. The monoisotopic (exact) mass is 421 g/mol. The number of hydrogen-bond donors (Lipinski definition) is 1. The summed E-state index contributed by atoms with van der Waals surface area (Å²) in [7, 11) is -3.94. The number of rotatable bonds is 7. The Labute approximate surface area is 176 Å². The van der Waals surface area contributed by atoms with Crippen LogP contribution in [0.3, 0.4) is 0 Å². The molecule has 0 unspecified atom stereocenters. The number of hydrogen-bond acceptors (Lipinski definition) is 4. The van der Waals surface area contributed by atoms with Gasteiger partial charge in [0, 0.05) is 0 Å². The van der Waals surface area contributed by atoms with Crippen molar-refractivity contribution in [3.63, 3.8) is 0 Å². The molecule has 3 aromatic carbocycles. The predicted octanol–water partition coefficient (Wildman–Crippen LogP) is 3.65. The van der Waals surface area contributed by atoms with E-state index in [9.17, 15) is 13.2 Å². The second kappa shape index (κ2) is 9.37. The second-order valence-corrected chi connectivity index (χ2v) is 8.73. The Hall–Kier alpha value is -3.45. The number of benzene rings is 3. The van der Waals surface area contributed by atoms with Gasteiger partial charge < -0.3 is 0 Å². The standard InChI is InChI=1S/C23H23N3O3S/c1-18-8-12-21(13-9-18)26(30(28,29)22-14-10-19(2)11-15-22)17-23(27)25-24-16-20-6-4-3-5-7-20/h3-16H,17H2,1-2H3,(H,25,27)/b24-16+. The lowest BCUT2D eigenvalue weighted by Gasteiger charge is -2.24. The Bertz CT molecular complexity index is 1120. The van der Waals surface area contributed by atoms with Crippen LogP contribution in [0.1, 0.15) is 16.7 Å². The Kier molecular flexibility index (Phi) is 6.64. The Morgan fingerprint density at radius 1 is 0.900 bits per heavy atom.